The Morgan fingerprint density at radius 1 is 1.15 bits per heavy atom. The summed E-state index contributed by atoms with van der Waals surface area (Å²) >= 11 is 0. The molecule has 0 aliphatic carbocycles. The van der Waals surface area contributed by atoms with Crippen molar-refractivity contribution in [2.75, 3.05) is 13.6 Å². The molecule has 1 aromatic carbocycles. The van der Waals surface area contributed by atoms with Gasteiger partial charge in [-0.05, 0) is 12.0 Å². The van der Waals surface area contributed by atoms with Gasteiger partial charge in [0, 0.05) is 13.1 Å². The molecule has 0 heterocycles. The van der Waals surface area contributed by atoms with Crippen LogP contribution in [-0.2, 0) is 14.4 Å². The van der Waals surface area contributed by atoms with Gasteiger partial charge in [-0.2, -0.15) is 0 Å². The molecule has 0 aromatic heterocycles. The van der Waals surface area contributed by atoms with Gasteiger partial charge in [-0.3, -0.25) is 14.4 Å². The van der Waals surface area contributed by atoms with Crippen molar-refractivity contribution >= 4 is 30.1 Å². The normalized spacial score (nSPS) is 13.5. The average molecular weight is 387 g/mol. The fourth-order valence-electron chi connectivity index (χ4n) is 2.26. The van der Waals surface area contributed by atoms with Gasteiger partial charge >= 0.3 is 0 Å². The van der Waals surface area contributed by atoms with Gasteiger partial charge in [0.25, 0.3) is 5.91 Å². The van der Waals surface area contributed by atoms with E-state index in [0.717, 1.165) is 6.42 Å². The molecule has 0 spiro atoms. The lowest BCUT2D eigenvalue weighted by Gasteiger charge is -2.19. The van der Waals surface area contributed by atoms with Crippen molar-refractivity contribution in [2.45, 2.75) is 38.0 Å². The Bertz CT molecular complexity index is 585. The minimum atomic E-state index is -1.38. The number of likely N-dealkylation sites (N-methyl/N-ethyl adjacent to an activating group) is 1. The molecule has 6 N–H and O–H groups in total. The van der Waals surface area contributed by atoms with E-state index < -0.39 is 30.0 Å². The Morgan fingerprint density at radius 2 is 1.77 bits per heavy atom. The van der Waals surface area contributed by atoms with Crippen LogP contribution in [0.4, 0.5) is 0 Å². The SMILES string of the molecule is CCC[C@H](N)C(O)C(=O)NCC(=O)N[C@H](C(=O)NC)c1ccccc1.Cl. The van der Waals surface area contributed by atoms with Crippen molar-refractivity contribution < 1.29 is 19.5 Å². The molecule has 3 atom stereocenters. The van der Waals surface area contributed by atoms with Crippen LogP contribution in [0.5, 0.6) is 0 Å². The second-order valence-electron chi connectivity index (χ2n) is 5.64. The fourth-order valence-corrected chi connectivity index (χ4v) is 2.26. The monoisotopic (exact) mass is 386 g/mol. The Labute approximate surface area is 159 Å². The maximum Gasteiger partial charge on any atom is 0.250 e. The van der Waals surface area contributed by atoms with Gasteiger partial charge in [-0.1, -0.05) is 43.7 Å². The molecular weight excluding hydrogens is 360 g/mol. The van der Waals surface area contributed by atoms with Crippen molar-refractivity contribution in [1.82, 2.24) is 16.0 Å². The molecule has 0 bridgehead atoms. The molecule has 1 aromatic rings. The molecule has 9 heteroatoms. The van der Waals surface area contributed by atoms with Gasteiger partial charge in [-0.15, -0.1) is 12.4 Å². The van der Waals surface area contributed by atoms with Crippen LogP contribution in [0.15, 0.2) is 30.3 Å². The summed E-state index contributed by atoms with van der Waals surface area (Å²) in [5, 5.41) is 17.1. The van der Waals surface area contributed by atoms with Gasteiger partial charge in [0.15, 0.2) is 0 Å². The summed E-state index contributed by atoms with van der Waals surface area (Å²) < 4.78 is 0. The highest BCUT2D eigenvalue weighted by molar-refractivity contribution is 5.91. The quantitative estimate of drug-likeness (QED) is 0.394. The zero-order valence-corrected chi connectivity index (χ0v) is 15.7. The smallest absolute Gasteiger partial charge is 0.250 e. The molecule has 1 unspecified atom stereocenters. The van der Waals surface area contributed by atoms with Gasteiger partial charge in [0.1, 0.15) is 12.1 Å². The summed E-state index contributed by atoms with van der Waals surface area (Å²) in [5.41, 5.74) is 6.30. The van der Waals surface area contributed by atoms with E-state index in [1.807, 2.05) is 6.92 Å². The Balaban J connectivity index is 0.00000625. The number of carbonyl (C=O) groups is 3. The Hall–Kier alpha value is -2.16. The summed E-state index contributed by atoms with van der Waals surface area (Å²) in [6, 6.07) is 7.18. The number of nitrogens with one attached hydrogen (secondary N) is 3. The van der Waals surface area contributed by atoms with Gasteiger partial charge in [0.05, 0.1) is 6.54 Å². The minimum Gasteiger partial charge on any atom is -0.382 e. The van der Waals surface area contributed by atoms with E-state index in [1.165, 1.54) is 7.05 Å². The molecule has 3 amide bonds. The molecule has 26 heavy (non-hydrogen) atoms. The van der Waals surface area contributed by atoms with Crippen LogP contribution in [-0.4, -0.2) is 48.6 Å². The van der Waals surface area contributed by atoms with Crippen molar-refractivity contribution in [3.63, 3.8) is 0 Å². The van der Waals surface area contributed by atoms with Crippen LogP contribution in [0.25, 0.3) is 0 Å². The van der Waals surface area contributed by atoms with Crippen molar-refractivity contribution in [3.8, 4) is 0 Å². The van der Waals surface area contributed by atoms with E-state index in [0.29, 0.717) is 12.0 Å². The van der Waals surface area contributed by atoms with Crippen LogP contribution < -0.4 is 21.7 Å². The van der Waals surface area contributed by atoms with Crippen LogP contribution in [0.3, 0.4) is 0 Å². The van der Waals surface area contributed by atoms with Crippen molar-refractivity contribution in [2.24, 2.45) is 5.73 Å². The zero-order chi connectivity index (χ0) is 18.8. The van der Waals surface area contributed by atoms with E-state index in [-0.39, 0.29) is 24.9 Å². The lowest BCUT2D eigenvalue weighted by Crippen LogP contribution is -2.49. The van der Waals surface area contributed by atoms with E-state index in [1.54, 1.807) is 30.3 Å². The zero-order valence-electron chi connectivity index (χ0n) is 14.9. The predicted octanol–water partition coefficient (Wildman–Crippen LogP) is -0.384. The van der Waals surface area contributed by atoms with Crippen LogP contribution in [0.2, 0.25) is 0 Å². The number of carbonyl (C=O) groups excluding carboxylic acids is 3. The molecule has 0 radical (unpaired) electrons. The number of amides is 3. The van der Waals surface area contributed by atoms with Gasteiger partial charge < -0.3 is 26.8 Å². The first kappa shape index (κ1) is 23.8. The maximum absolute atomic E-state index is 12.1. The molecule has 8 nitrogen and oxygen atoms in total. The van der Waals surface area contributed by atoms with Gasteiger partial charge in [-0.25, -0.2) is 0 Å². The lowest BCUT2D eigenvalue weighted by atomic mass is 10.1. The van der Waals surface area contributed by atoms with E-state index >= 15 is 0 Å². The summed E-state index contributed by atoms with van der Waals surface area (Å²) in [5.74, 6) is -1.65. The third-order valence-corrected chi connectivity index (χ3v) is 3.67. The third-order valence-electron chi connectivity index (χ3n) is 3.67. The van der Waals surface area contributed by atoms with Crippen LogP contribution >= 0.6 is 12.4 Å². The summed E-state index contributed by atoms with van der Waals surface area (Å²) in [7, 11) is 1.47. The van der Waals surface area contributed by atoms with E-state index in [4.69, 9.17) is 5.73 Å². The Morgan fingerprint density at radius 3 is 2.31 bits per heavy atom. The number of aliphatic hydroxyl groups excluding tert-OH is 1. The number of nitrogens with two attached hydrogens (primary N) is 1. The van der Waals surface area contributed by atoms with E-state index in [9.17, 15) is 19.5 Å². The number of hydrogen-bond donors (Lipinski definition) is 5. The van der Waals surface area contributed by atoms with Crippen LogP contribution in [0.1, 0.15) is 31.4 Å². The lowest BCUT2D eigenvalue weighted by molar-refractivity contribution is -0.133. The molecule has 0 saturated heterocycles. The van der Waals surface area contributed by atoms with Crippen molar-refractivity contribution in [1.29, 1.82) is 0 Å². The number of benzene rings is 1. The maximum atomic E-state index is 12.1. The first-order valence-corrected chi connectivity index (χ1v) is 8.18. The first-order chi connectivity index (χ1) is 11.9. The molecule has 0 saturated carbocycles. The predicted molar refractivity (Wildman–Crippen MR) is 101 cm³/mol. The highest BCUT2D eigenvalue weighted by Gasteiger charge is 2.24. The minimum absolute atomic E-state index is 0. The second-order valence-corrected chi connectivity index (χ2v) is 5.64. The average Bonchev–Trinajstić information content (AvgIpc) is 2.63. The Kier molecular flexibility index (Phi) is 11.2. The second kappa shape index (κ2) is 12.2. The van der Waals surface area contributed by atoms with Gasteiger partial charge in [0.2, 0.25) is 11.8 Å². The highest BCUT2D eigenvalue weighted by atomic mass is 35.5. The molecule has 0 fully saturated rings. The first-order valence-electron chi connectivity index (χ1n) is 8.18. The third kappa shape index (κ3) is 7.38. The number of rotatable bonds is 9. The largest absolute Gasteiger partial charge is 0.382 e. The summed E-state index contributed by atoms with van der Waals surface area (Å²) in [6.07, 6.45) is -0.152. The summed E-state index contributed by atoms with van der Waals surface area (Å²) in [6.45, 7) is 1.52. The number of hydrogen-bond acceptors (Lipinski definition) is 5. The molecular formula is C17H27ClN4O4. The summed E-state index contributed by atoms with van der Waals surface area (Å²) in [4.78, 5) is 35.8. The van der Waals surface area contributed by atoms with Crippen molar-refractivity contribution in [3.05, 3.63) is 35.9 Å². The van der Waals surface area contributed by atoms with E-state index in [2.05, 4.69) is 16.0 Å². The fraction of sp³-hybridized carbons (Fsp3) is 0.471. The molecule has 0 aliphatic rings. The number of halogens is 1. The molecule has 1 rings (SSSR count). The molecule has 0 aliphatic heterocycles. The number of aliphatic hydroxyl groups is 1. The highest BCUT2D eigenvalue weighted by Crippen LogP contribution is 2.12. The van der Waals surface area contributed by atoms with Crippen LogP contribution in [0, 0.1) is 0 Å². The standard InChI is InChI=1S/C17H26N4O4.ClH/c1-3-7-12(18)15(23)17(25)20-10-13(22)21-14(16(24)19-2)11-8-5-4-6-9-11;/h4-6,8-9,12,14-15,23H,3,7,10,18H2,1-2H3,(H,19,24)(H,20,25)(H,21,22);1H/t12-,14-,15?;/m0./s1. The topological polar surface area (TPSA) is 134 Å². The molecule has 146 valence electrons.